The van der Waals surface area contributed by atoms with Gasteiger partial charge in [0.15, 0.2) is 0 Å². The molecule has 0 aliphatic heterocycles. The van der Waals surface area contributed by atoms with Crippen LogP contribution in [-0.2, 0) is 30.3 Å². The molecule has 0 spiro atoms. The van der Waals surface area contributed by atoms with Gasteiger partial charge in [0, 0.05) is 12.0 Å². The summed E-state index contributed by atoms with van der Waals surface area (Å²) in [4.78, 5) is 57.0. The topological polar surface area (TPSA) is 114 Å². The summed E-state index contributed by atoms with van der Waals surface area (Å²) >= 11 is 0. The van der Waals surface area contributed by atoms with Gasteiger partial charge in [0.25, 0.3) is 0 Å². The van der Waals surface area contributed by atoms with Gasteiger partial charge in [-0.25, -0.2) is 9.59 Å². The zero-order valence-corrected chi connectivity index (χ0v) is 28.9. The Balaban J connectivity index is 2.64. The van der Waals surface area contributed by atoms with Crippen LogP contribution < -0.4 is 10.6 Å². The number of ether oxygens (including phenoxy) is 2. The van der Waals surface area contributed by atoms with Crippen LogP contribution in [0, 0.1) is 5.92 Å². The molecular weight excluding hydrogens is 570 g/mol. The van der Waals surface area contributed by atoms with Crippen molar-refractivity contribution in [3.05, 3.63) is 71.8 Å². The Bertz CT molecular complexity index is 1280. The van der Waals surface area contributed by atoms with Gasteiger partial charge in [-0.1, -0.05) is 81.4 Å². The van der Waals surface area contributed by atoms with E-state index in [2.05, 4.69) is 10.6 Å². The second-order valence-corrected chi connectivity index (χ2v) is 14.3. The van der Waals surface area contributed by atoms with Crippen molar-refractivity contribution in [1.82, 2.24) is 15.5 Å². The van der Waals surface area contributed by atoms with Crippen LogP contribution in [0.3, 0.4) is 0 Å². The van der Waals surface area contributed by atoms with E-state index in [0.717, 1.165) is 5.56 Å². The van der Waals surface area contributed by atoms with E-state index in [-0.39, 0.29) is 12.3 Å². The Morgan fingerprint density at radius 2 is 1.27 bits per heavy atom. The van der Waals surface area contributed by atoms with Crippen molar-refractivity contribution in [1.29, 1.82) is 0 Å². The van der Waals surface area contributed by atoms with Crippen LogP contribution in [0.5, 0.6) is 0 Å². The molecule has 45 heavy (non-hydrogen) atoms. The highest BCUT2D eigenvalue weighted by atomic mass is 16.6. The Morgan fingerprint density at radius 1 is 0.756 bits per heavy atom. The molecule has 0 saturated heterocycles. The zero-order chi connectivity index (χ0) is 34.2. The normalized spacial score (nSPS) is 14.1. The Labute approximate surface area is 269 Å². The van der Waals surface area contributed by atoms with E-state index in [1.54, 1.807) is 65.8 Å². The predicted octanol–water partition coefficient (Wildman–Crippen LogP) is 6.36. The van der Waals surface area contributed by atoms with Crippen LogP contribution in [0.15, 0.2) is 60.7 Å². The molecule has 3 amide bonds. The molecule has 3 atom stereocenters. The number of amides is 3. The van der Waals surface area contributed by atoms with Crippen LogP contribution in [-0.4, -0.2) is 57.6 Å². The fourth-order valence-electron chi connectivity index (χ4n) is 4.76. The van der Waals surface area contributed by atoms with Gasteiger partial charge in [-0.05, 0) is 78.9 Å². The van der Waals surface area contributed by atoms with Crippen LogP contribution >= 0.6 is 0 Å². The van der Waals surface area contributed by atoms with E-state index >= 15 is 0 Å². The van der Waals surface area contributed by atoms with E-state index in [0.29, 0.717) is 12.0 Å². The number of rotatable bonds is 12. The number of alkyl carbamates (subject to hydrolysis) is 1. The lowest BCUT2D eigenvalue weighted by Gasteiger charge is -2.45. The molecule has 2 aromatic carbocycles. The average Bonchev–Trinajstić information content (AvgIpc) is 2.92. The molecule has 0 bridgehead atoms. The minimum atomic E-state index is -1.13. The van der Waals surface area contributed by atoms with Gasteiger partial charge < -0.3 is 25.0 Å². The Kier molecular flexibility index (Phi) is 12.8. The number of carbonyl (C=O) groups excluding carboxylic acids is 4. The Hall–Kier alpha value is -3.88. The summed E-state index contributed by atoms with van der Waals surface area (Å²) in [6, 6.07) is 15.2. The number of nitrogens with one attached hydrogen (secondary N) is 2. The van der Waals surface area contributed by atoms with Crippen LogP contribution in [0.2, 0.25) is 0 Å². The third kappa shape index (κ3) is 11.5. The summed E-state index contributed by atoms with van der Waals surface area (Å²) in [6.07, 6.45) is -0.0212. The summed E-state index contributed by atoms with van der Waals surface area (Å²) in [5.41, 5.74) is -0.975. The minimum Gasteiger partial charge on any atom is -0.458 e. The van der Waals surface area contributed by atoms with Gasteiger partial charge in [-0.3, -0.25) is 9.59 Å². The predicted molar refractivity (Wildman–Crippen MR) is 176 cm³/mol. The molecule has 0 aliphatic rings. The largest absolute Gasteiger partial charge is 0.458 e. The second kappa shape index (κ2) is 15.4. The smallest absolute Gasteiger partial charge is 0.408 e. The summed E-state index contributed by atoms with van der Waals surface area (Å²) < 4.78 is 11.2. The van der Waals surface area contributed by atoms with Crippen molar-refractivity contribution < 1.29 is 28.7 Å². The van der Waals surface area contributed by atoms with Crippen LogP contribution in [0.1, 0.15) is 99.8 Å². The number of hydrogen-bond donors (Lipinski definition) is 2. The first kappa shape index (κ1) is 37.3. The van der Waals surface area contributed by atoms with Gasteiger partial charge in [0.1, 0.15) is 29.3 Å². The maximum Gasteiger partial charge on any atom is 0.408 e. The highest BCUT2D eigenvalue weighted by molar-refractivity contribution is 5.94. The highest BCUT2D eigenvalue weighted by Gasteiger charge is 2.44. The lowest BCUT2D eigenvalue weighted by Crippen LogP contribution is -2.61. The maximum atomic E-state index is 14.6. The first-order chi connectivity index (χ1) is 20.8. The zero-order valence-electron chi connectivity index (χ0n) is 28.9. The van der Waals surface area contributed by atoms with E-state index in [9.17, 15) is 19.2 Å². The summed E-state index contributed by atoms with van der Waals surface area (Å²) in [5.74, 6) is -1.88. The van der Waals surface area contributed by atoms with Gasteiger partial charge in [0.2, 0.25) is 11.8 Å². The van der Waals surface area contributed by atoms with Crippen molar-refractivity contribution >= 4 is 23.9 Å². The van der Waals surface area contributed by atoms with Crippen molar-refractivity contribution in [3.8, 4) is 0 Å². The molecule has 0 heterocycles. The fourth-order valence-corrected chi connectivity index (χ4v) is 4.76. The van der Waals surface area contributed by atoms with Gasteiger partial charge in [-0.2, -0.15) is 0 Å². The molecule has 0 fully saturated rings. The summed E-state index contributed by atoms with van der Waals surface area (Å²) in [5, 5.41) is 5.69. The quantitative estimate of drug-likeness (QED) is 0.266. The molecule has 9 heteroatoms. The summed E-state index contributed by atoms with van der Waals surface area (Å²) in [6.45, 7) is 19.9. The number of hydrogen-bond acceptors (Lipinski definition) is 6. The van der Waals surface area contributed by atoms with Crippen LogP contribution in [0.25, 0.3) is 0 Å². The molecule has 0 saturated carbocycles. The molecule has 0 aliphatic carbocycles. The second-order valence-electron chi connectivity index (χ2n) is 14.3. The first-order valence-electron chi connectivity index (χ1n) is 15.7. The molecule has 2 aromatic rings. The lowest BCUT2D eigenvalue weighted by atomic mass is 9.90. The first-order valence-corrected chi connectivity index (χ1v) is 15.7. The fraction of sp³-hybridized carbons (Fsp3) is 0.556. The molecule has 248 valence electrons. The molecular formula is C36H53N3O6. The third-order valence-electron chi connectivity index (χ3n) is 7.27. The average molecular weight is 624 g/mol. The van der Waals surface area contributed by atoms with Crippen molar-refractivity contribution in [3.63, 3.8) is 0 Å². The molecule has 2 rings (SSSR count). The van der Waals surface area contributed by atoms with Gasteiger partial charge in [0.05, 0.1) is 0 Å². The van der Waals surface area contributed by atoms with E-state index < -0.39 is 58.7 Å². The van der Waals surface area contributed by atoms with Crippen molar-refractivity contribution in [2.45, 2.75) is 124 Å². The Morgan fingerprint density at radius 3 is 1.73 bits per heavy atom. The number of nitrogens with zero attached hydrogens (tertiary/aromatic N) is 1. The molecule has 9 nitrogen and oxygen atoms in total. The van der Waals surface area contributed by atoms with Crippen molar-refractivity contribution in [2.24, 2.45) is 5.92 Å². The third-order valence-corrected chi connectivity index (χ3v) is 7.27. The van der Waals surface area contributed by atoms with E-state index in [1.165, 1.54) is 4.90 Å². The van der Waals surface area contributed by atoms with Crippen LogP contribution in [0.4, 0.5) is 4.79 Å². The lowest BCUT2D eigenvalue weighted by molar-refractivity contribution is -0.159. The monoisotopic (exact) mass is 623 g/mol. The number of benzene rings is 2. The van der Waals surface area contributed by atoms with Gasteiger partial charge in [-0.15, -0.1) is 0 Å². The summed E-state index contributed by atoms with van der Waals surface area (Å²) in [7, 11) is 0. The molecule has 0 radical (unpaired) electrons. The van der Waals surface area contributed by atoms with E-state index in [4.69, 9.17) is 9.47 Å². The van der Waals surface area contributed by atoms with E-state index in [1.807, 2.05) is 71.0 Å². The highest BCUT2D eigenvalue weighted by Crippen LogP contribution is 2.33. The number of carbonyl (C=O) groups is 4. The number of esters is 1. The SMILES string of the molecule is CCC(C)(C)N(C(=O)C(NC(=O)OC(C)(C)C)C(C)C)C(C(=O)NC(Cc1ccccc1)C(=O)OC(C)(C)C)c1ccccc1. The van der Waals surface area contributed by atoms with Crippen molar-refractivity contribution in [2.75, 3.05) is 0 Å². The molecule has 0 aromatic heterocycles. The van der Waals surface area contributed by atoms with Gasteiger partial charge >= 0.3 is 12.1 Å². The maximum absolute atomic E-state index is 14.6. The minimum absolute atomic E-state index is 0.197. The standard InChI is InChI=1S/C36H53N3O6/c1-12-36(10,11)39(31(41)28(24(2)3)38-33(43)45-35(7,8)9)29(26-21-17-14-18-22-26)30(40)37-27(32(42)44-34(4,5)6)23-25-19-15-13-16-20-25/h13-22,24,27-29H,12,23H2,1-11H3,(H,37,40)(H,38,43). The molecule has 2 N–H and O–H groups in total. The molecule has 3 unspecified atom stereocenters.